The molecule has 0 saturated heterocycles. The Hall–Kier alpha value is -1.38. The van der Waals surface area contributed by atoms with E-state index < -0.39 is 0 Å². The zero-order valence-corrected chi connectivity index (χ0v) is 10.3. The lowest BCUT2D eigenvalue weighted by Gasteiger charge is -2.13. The van der Waals surface area contributed by atoms with Crippen molar-refractivity contribution in [2.75, 3.05) is 0 Å². The molecule has 1 atom stereocenters. The summed E-state index contributed by atoms with van der Waals surface area (Å²) < 4.78 is 0. The molecule has 2 rings (SSSR count). The highest BCUT2D eigenvalue weighted by Gasteiger charge is 2.11. The fourth-order valence-electron chi connectivity index (χ4n) is 1.82. The molecule has 0 unspecified atom stereocenters. The second kappa shape index (κ2) is 5.30. The molecule has 88 valence electrons. The van der Waals surface area contributed by atoms with Gasteiger partial charge in [0.05, 0.1) is 5.52 Å². The van der Waals surface area contributed by atoms with E-state index >= 15 is 0 Å². The monoisotopic (exact) mass is 246 g/mol. The number of hydrogen-bond acceptors (Lipinski definition) is 2. The molecule has 2 N–H and O–H groups in total. The van der Waals surface area contributed by atoms with Crippen molar-refractivity contribution < 1.29 is 0 Å². The average Bonchev–Trinajstić information content (AvgIpc) is 2.35. The van der Waals surface area contributed by atoms with Crippen molar-refractivity contribution in [3.8, 4) is 0 Å². The van der Waals surface area contributed by atoms with Crippen LogP contribution in [-0.4, -0.2) is 4.98 Å². The zero-order valence-electron chi connectivity index (χ0n) is 9.57. The lowest BCUT2D eigenvalue weighted by molar-refractivity contribution is 0.660. The van der Waals surface area contributed by atoms with E-state index in [4.69, 9.17) is 17.3 Å². The fourth-order valence-corrected chi connectivity index (χ4v) is 2.11. The Morgan fingerprint density at radius 1 is 1.41 bits per heavy atom. The van der Waals surface area contributed by atoms with Gasteiger partial charge in [-0.1, -0.05) is 35.9 Å². The highest BCUT2D eigenvalue weighted by Crippen LogP contribution is 2.26. The van der Waals surface area contributed by atoms with Crippen molar-refractivity contribution in [3.05, 3.63) is 53.7 Å². The van der Waals surface area contributed by atoms with Crippen LogP contribution < -0.4 is 5.73 Å². The molecule has 0 fully saturated rings. The molecule has 2 nitrogen and oxygen atoms in total. The summed E-state index contributed by atoms with van der Waals surface area (Å²) in [5.41, 5.74) is 7.91. The van der Waals surface area contributed by atoms with E-state index in [1.807, 2.05) is 36.4 Å². The average molecular weight is 247 g/mol. The van der Waals surface area contributed by atoms with Gasteiger partial charge in [0.15, 0.2) is 0 Å². The van der Waals surface area contributed by atoms with Crippen molar-refractivity contribution in [1.29, 1.82) is 0 Å². The normalized spacial score (nSPS) is 12.6. The molecule has 1 aromatic heterocycles. The molecule has 0 amide bonds. The predicted molar refractivity (Wildman–Crippen MR) is 73.1 cm³/mol. The molecule has 1 aromatic carbocycles. The summed E-state index contributed by atoms with van der Waals surface area (Å²) in [5, 5.41) is 1.57. The maximum Gasteiger partial charge on any atom is 0.134 e. The van der Waals surface area contributed by atoms with E-state index in [9.17, 15) is 0 Å². The van der Waals surface area contributed by atoms with Crippen LogP contribution in [0.3, 0.4) is 0 Å². The summed E-state index contributed by atoms with van der Waals surface area (Å²) in [7, 11) is 0. The van der Waals surface area contributed by atoms with Crippen molar-refractivity contribution >= 4 is 22.5 Å². The zero-order chi connectivity index (χ0) is 12.3. The maximum atomic E-state index is 6.16. The number of nitrogens with zero attached hydrogens (tertiary/aromatic N) is 1. The van der Waals surface area contributed by atoms with Crippen molar-refractivity contribution in [2.24, 2.45) is 5.73 Å². The molecule has 1 heterocycles. The van der Waals surface area contributed by atoms with Crippen molar-refractivity contribution in [1.82, 2.24) is 4.98 Å². The second-order valence-electron chi connectivity index (χ2n) is 4.03. The lowest BCUT2D eigenvalue weighted by Crippen LogP contribution is -2.11. The number of hydrogen-bond donors (Lipinski definition) is 1. The Balaban J connectivity index is 2.39. The van der Waals surface area contributed by atoms with Gasteiger partial charge in [0.25, 0.3) is 0 Å². The van der Waals surface area contributed by atoms with E-state index in [-0.39, 0.29) is 6.04 Å². The van der Waals surface area contributed by atoms with Gasteiger partial charge in [-0.15, -0.1) is 6.58 Å². The van der Waals surface area contributed by atoms with Gasteiger partial charge < -0.3 is 5.73 Å². The number of aromatic nitrogens is 1. The number of rotatable bonds is 4. The van der Waals surface area contributed by atoms with Gasteiger partial charge in [0.2, 0.25) is 0 Å². The third-order valence-corrected chi connectivity index (χ3v) is 3.09. The SMILES string of the molecule is C=CCC[C@@H](N)c1cc2ccccc2nc1Cl. The van der Waals surface area contributed by atoms with Crippen LogP contribution in [0.4, 0.5) is 0 Å². The first kappa shape index (κ1) is 12.1. The molecule has 0 aliphatic rings. The Morgan fingerprint density at radius 2 is 2.18 bits per heavy atom. The summed E-state index contributed by atoms with van der Waals surface area (Å²) in [6.45, 7) is 3.69. The van der Waals surface area contributed by atoms with Gasteiger partial charge in [-0.25, -0.2) is 4.98 Å². The number of fused-ring (bicyclic) bond motifs is 1. The van der Waals surface area contributed by atoms with Crippen LogP contribution in [0.25, 0.3) is 10.9 Å². The molecule has 0 aliphatic carbocycles. The largest absolute Gasteiger partial charge is 0.324 e. The van der Waals surface area contributed by atoms with Gasteiger partial charge in [-0.2, -0.15) is 0 Å². The lowest BCUT2D eigenvalue weighted by atomic mass is 10.0. The molecular weight excluding hydrogens is 232 g/mol. The van der Waals surface area contributed by atoms with E-state index in [1.165, 1.54) is 0 Å². The molecule has 0 spiro atoms. The van der Waals surface area contributed by atoms with Crippen LogP contribution in [-0.2, 0) is 0 Å². The predicted octanol–water partition coefficient (Wildman–Crippen LogP) is 3.85. The number of nitrogens with two attached hydrogens (primary N) is 1. The highest BCUT2D eigenvalue weighted by molar-refractivity contribution is 6.30. The molecule has 17 heavy (non-hydrogen) atoms. The Bertz CT molecular complexity index is 537. The first-order chi connectivity index (χ1) is 8.22. The molecule has 0 aliphatic heterocycles. The fraction of sp³-hybridized carbons (Fsp3) is 0.214. The van der Waals surface area contributed by atoms with Gasteiger partial charge >= 0.3 is 0 Å². The Morgan fingerprint density at radius 3 is 2.94 bits per heavy atom. The van der Waals surface area contributed by atoms with Gasteiger partial charge in [0, 0.05) is 17.0 Å². The molecular formula is C14H15ClN2. The smallest absolute Gasteiger partial charge is 0.134 e. The first-order valence-corrected chi connectivity index (χ1v) is 6.02. The Kier molecular flexibility index (Phi) is 3.77. The van der Waals surface area contributed by atoms with Crippen LogP contribution in [0.1, 0.15) is 24.4 Å². The van der Waals surface area contributed by atoms with Gasteiger partial charge in [0.1, 0.15) is 5.15 Å². The van der Waals surface area contributed by atoms with Crippen molar-refractivity contribution in [3.63, 3.8) is 0 Å². The minimum atomic E-state index is -0.0855. The second-order valence-corrected chi connectivity index (χ2v) is 4.39. The van der Waals surface area contributed by atoms with Crippen molar-refractivity contribution in [2.45, 2.75) is 18.9 Å². The number of allylic oxidation sites excluding steroid dienone is 1. The highest BCUT2D eigenvalue weighted by atomic mass is 35.5. The minimum absolute atomic E-state index is 0.0855. The Labute approximate surface area is 106 Å². The van der Waals surface area contributed by atoms with Crippen LogP contribution in [0.5, 0.6) is 0 Å². The topological polar surface area (TPSA) is 38.9 Å². The standard InChI is InChI=1S/C14H15ClN2/c1-2-3-7-12(16)11-9-10-6-4-5-8-13(10)17-14(11)15/h2,4-6,8-9,12H,1,3,7,16H2/t12-/m1/s1. The number of halogens is 1. The number of benzene rings is 1. The molecule has 3 heteroatoms. The quantitative estimate of drug-likeness (QED) is 0.657. The molecule has 2 aromatic rings. The maximum absolute atomic E-state index is 6.16. The minimum Gasteiger partial charge on any atom is -0.324 e. The van der Waals surface area contributed by atoms with Crippen LogP contribution in [0.15, 0.2) is 43.0 Å². The molecule has 0 bridgehead atoms. The van der Waals surface area contributed by atoms with Crippen LogP contribution >= 0.6 is 11.6 Å². The number of para-hydroxylation sites is 1. The molecule has 0 saturated carbocycles. The summed E-state index contributed by atoms with van der Waals surface area (Å²) in [6.07, 6.45) is 3.58. The first-order valence-electron chi connectivity index (χ1n) is 5.64. The summed E-state index contributed by atoms with van der Waals surface area (Å²) in [5.74, 6) is 0. The summed E-state index contributed by atoms with van der Waals surface area (Å²) in [6, 6.07) is 9.83. The molecule has 0 radical (unpaired) electrons. The van der Waals surface area contributed by atoms with E-state index in [2.05, 4.69) is 11.6 Å². The summed E-state index contributed by atoms with van der Waals surface area (Å²) in [4.78, 5) is 4.36. The third-order valence-electron chi connectivity index (χ3n) is 2.79. The van der Waals surface area contributed by atoms with E-state index in [0.717, 1.165) is 29.3 Å². The van der Waals surface area contributed by atoms with Gasteiger partial charge in [-0.3, -0.25) is 0 Å². The van der Waals surface area contributed by atoms with E-state index in [0.29, 0.717) is 5.15 Å². The van der Waals surface area contributed by atoms with Gasteiger partial charge in [-0.05, 0) is 25.0 Å². The van der Waals surface area contributed by atoms with Crippen LogP contribution in [0, 0.1) is 0 Å². The summed E-state index contributed by atoms with van der Waals surface area (Å²) >= 11 is 6.16. The van der Waals surface area contributed by atoms with Crippen LogP contribution in [0.2, 0.25) is 5.15 Å². The third kappa shape index (κ3) is 2.65. The van der Waals surface area contributed by atoms with E-state index in [1.54, 1.807) is 0 Å². The number of pyridine rings is 1.